The molecular weight excluding hydrogens is 336 g/mol. The summed E-state index contributed by atoms with van der Waals surface area (Å²) in [6.07, 6.45) is 0.809. The van der Waals surface area contributed by atoms with E-state index in [2.05, 4.69) is 20.1 Å². The molecule has 2 aromatic rings. The fraction of sp³-hybridized carbons (Fsp3) is 0.500. The van der Waals surface area contributed by atoms with Crippen LogP contribution in [-0.2, 0) is 17.8 Å². The first-order valence-corrected chi connectivity index (χ1v) is 8.54. The average molecular weight is 362 g/mol. The van der Waals surface area contributed by atoms with Gasteiger partial charge < -0.3 is 15.3 Å². The van der Waals surface area contributed by atoms with Crippen molar-refractivity contribution in [1.29, 1.82) is 0 Å². The van der Waals surface area contributed by atoms with Crippen LogP contribution in [0.1, 0.15) is 23.6 Å². The first-order chi connectivity index (χ1) is 12.5. The zero-order valence-electron chi connectivity index (χ0n) is 14.9. The first kappa shape index (κ1) is 20.0. The van der Waals surface area contributed by atoms with E-state index in [4.69, 9.17) is 9.90 Å². The molecule has 0 bridgehead atoms. The maximum Gasteiger partial charge on any atom is 0.290 e. The Balaban J connectivity index is 0.000000758. The molecule has 2 heterocycles. The second-order valence-electron chi connectivity index (χ2n) is 6.64. The molecule has 0 unspecified atom stereocenters. The lowest BCUT2D eigenvalue weighted by Gasteiger charge is -2.45. The molecule has 1 saturated heterocycles. The van der Waals surface area contributed by atoms with Gasteiger partial charge in [0.05, 0.1) is 19.3 Å². The fourth-order valence-corrected chi connectivity index (χ4v) is 3.42. The van der Waals surface area contributed by atoms with Crippen LogP contribution in [0.4, 0.5) is 0 Å². The van der Waals surface area contributed by atoms with Gasteiger partial charge in [0.1, 0.15) is 5.82 Å². The van der Waals surface area contributed by atoms with Gasteiger partial charge >= 0.3 is 0 Å². The molecule has 3 rings (SSSR count). The summed E-state index contributed by atoms with van der Waals surface area (Å²) in [5.74, 6) is 1.56. The standard InChI is InChI=1S/C17H24N4O2.CH2O2/c1-13-18-16(20-19-13)10-21-8-7-15(23)17(11-21,12-22)9-14-5-3-2-4-6-14;2-1-3/h2-6,15,22-23H,7-12H2,1H3,(H,18,19,20);1H,(H,2,3)/t15-,17+;/m0./s1. The number of hydrogen-bond acceptors (Lipinski definition) is 6. The third-order valence-electron chi connectivity index (χ3n) is 4.69. The van der Waals surface area contributed by atoms with Crippen molar-refractivity contribution in [3.8, 4) is 0 Å². The molecule has 26 heavy (non-hydrogen) atoms. The smallest absolute Gasteiger partial charge is 0.290 e. The van der Waals surface area contributed by atoms with Gasteiger partial charge in [0.15, 0.2) is 5.82 Å². The molecule has 0 spiro atoms. The molecule has 1 aliphatic rings. The lowest BCUT2D eigenvalue weighted by atomic mass is 9.73. The molecule has 4 N–H and O–H groups in total. The van der Waals surface area contributed by atoms with E-state index in [0.717, 1.165) is 23.8 Å². The van der Waals surface area contributed by atoms with E-state index in [9.17, 15) is 10.2 Å². The zero-order chi connectivity index (χ0) is 19.0. The van der Waals surface area contributed by atoms with E-state index in [1.165, 1.54) is 0 Å². The highest BCUT2D eigenvalue weighted by atomic mass is 16.3. The molecule has 0 saturated carbocycles. The Kier molecular flexibility index (Phi) is 7.26. The number of benzene rings is 1. The highest BCUT2D eigenvalue weighted by Crippen LogP contribution is 2.34. The van der Waals surface area contributed by atoms with Gasteiger partial charge in [-0.2, -0.15) is 5.10 Å². The summed E-state index contributed by atoms with van der Waals surface area (Å²) in [4.78, 5) is 14.9. The van der Waals surface area contributed by atoms with Crippen molar-refractivity contribution in [2.45, 2.75) is 32.4 Å². The number of hydrogen-bond donors (Lipinski definition) is 4. The zero-order valence-corrected chi connectivity index (χ0v) is 14.9. The topological polar surface area (TPSA) is 123 Å². The fourth-order valence-electron chi connectivity index (χ4n) is 3.42. The lowest BCUT2D eigenvalue weighted by molar-refractivity contribution is -0.122. The molecular formula is C18H26N4O4. The number of aromatic nitrogens is 3. The Hall–Kier alpha value is -2.29. The predicted molar refractivity (Wildman–Crippen MR) is 95.4 cm³/mol. The quantitative estimate of drug-likeness (QED) is 0.575. The third kappa shape index (κ3) is 5.10. The van der Waals surface area contributed by atoms with Gasteiger partial charge in [-0.25, -0.2) is 4.98 Å². The van der Waals surface area contributed by atoms with E-state index < -0.39 is 11.5 Å². The van der Waals surface area contributed by atoms with Crippen LogP contribution in [0.25, 0.3) is 0 Å². The monoisotopic (exact) mass is 362 g/mol. The Morgan fingerprint density at radius 2 is 2.08 bits per heavy atom. The highest BCUT2D eigenvalue weighted by Gasteiger charge is 2.42. The van der Waals surface area contributed by atoms with Crippen LogP contribution in [0.2, 0.25) is 0 Å². The number of nitrogens with one attached hydrogen (secondary N) is 1. The number of nitrogens with zero attached hydrogens (tertiary/aromatic N) is 3. The van der Waals surface area contributed by atoms with E-state index in [0.29, 0.717) is 25.9 Å². The first-order valence-electron chi connectivity index (χ1n) is 8.54. The number of rotatable bonds is 5. The minimum absolute atomic E-state index is 0.0351. The Labute approximate surface area is 152 Å². The SMILES string of the molecule is Cc1nc(CN2CC[C@H](O)[C@](CO)(Cc3ccccc3)C2)n[nH]1.O=CO. The van der Waals surface area contributed by atoms with Crippen molar-refractivity contribution in [3.63, 3.8) is 0 Å². The average Bonchev–Trinajstić information content (AvgIpc) is 3.04. The number of H-pyrrole nitrogens is 1. The minimum atomic E-state index is -0.537. The maximum absolute atomic E-state index is 10.5. The molecule has 0 aliphatic carbocycles. The van der Waals surface area contributed by atoms with Gasteiger partial charge in [0.25, 0.3) is 6.47 Å². The van der Waals surface area contributed by atoms with E-state index >= 15 is 0 Å². The summed E-state index contributed by atoms with van der Waals surface area (Å²) in [7, 11) is 0. The predicted octanol–water partition coefficient (Wildman–Crippen LogP) is 0.602. The van der Waals surface area contributed by atoms with Gasteiger partial charge in [0, 0.05) is 18.5 Å². The van der Waals surface area contributed by atoms with Crippen LogP contribution >= 0.6 is 0 Å². The van der Waals surface area contributed by atoms with Gasteiger partial charge in [-0.05, 0) is 25.3 Å². The lowest BCUT2D eigenvalue weighted by Crippen LogP contribution is -2.54. The molecule has 1 aliphatic heterocycles. The number of aliphatic hydroxyl groups is 2. The number of aliphatic hydroxyl groups excluding tert-OH is 2. The van der Waals surface area contributed by atoms with Crippen LogP contribution in [0, 0.1) is 12.3 Å². The number of piperidine rings is 1. The van der Waals surface area contributed by atoms with Crippen LogP contribution in [0.5, 0.6) is 0 Å². The minimum Gasteiger partial charge on any atom is -0.483 e. The largest absolute Gasteiger partial charge is 0.483 e. The number of aromatic amines is 1. The van der Waals surface area contributed by atoms with Gasteiger partial charge in [-0.3, -0.25) is 14.8 Å². The molecule has 1 aromatic heterocycles. The summed E-state index contributed by atoms with van der Waals surface area (Å²) < 4.78 is 0. The highest BCUT2D eigenvalue weighted by molar-refractivity contribution is 5.32. The maximum atomic E-state index is 10.5. The van der Waals surface area contributed by atoms with Crippen LogP contribution in [0.15, 0.2) is 30.3 Å². The molecule has 1 fully saturated rings. The molecule has 8 nitrogen and oxygen atoms in total. The molecule has 142 valence electrons. The van der Waals surface area contributed by atoms with Crippen molar-refractivity contribution in [3.05, 3.63) is 47.5 Å². The molecule has 2 atom stereocenters. The number of carbonyl (C=O) groups is 1. The number of carboxylic acid groups (broad SMARTS) is 1. The van der Waals surface area contributed by atoms with Crippen molar-refractivity contribution < 1.29 is 20.1 Å². The van der Waals surface area contributed by atoms with Crippen molar-refractivity contribution in [2.75, 3.05) is 19.7 Å². The van der Waals surface area contributed by atoms with Crippen LogP contribution in [-0.4, -0.2) is 67.7 Å². The Bertz CT molecular complexity index is 679. The van der Waals surface area contributed by atoms with Gasteiger partial charge in [-0.15, -0.1) is 0 Å². The van der Waals surface area contributed by atoms with E-state index in [1.54, 1.807) is 0 Å². The van der Waals surface area contributed by atoms with Gasteiger partial charge in [0.2, 0.25) is 0 Å². The summed E-state index contributed by atoms with van der Waals surface area (Å²) in [5.41, 5.74) is 0.599. The molecule has 0 amide bonds. The Morgan fingerprint density at radius 1 is 1.38 bits per heavy atom. The normalized spacial score (nSPS) is 23.1. The summed E-state index contributed by atoms with van der Waals surface area (Å²) in [6.45, 7) is 3.64. The molecule has 1 aromatic carbocycles. The van der Waals surface area contributed by atoms with Crippen molar-refractivity contribution in [1.82, 2.24) is 20.1 Å². The Morgan fingerprint density at radius 3 is 2.65 bits per heavy atom. The van der Waals surface area contributed by atoms with Crippen LogP contribution < -0.4 is 0 Å². The summed E-state index contributed by atoms with van der Waals surface area (Å²) in [5, 5.41) is 34.5. The van der Waals surface area contributed by atoms with E-state index in [1.807, 2.05) is 37.3 Å². The molecule has 0 radical (unpaired) electrons. The van der Waals surface area contributed by atoms with Crippen molar-refractivity contribution in [2.24, 2.45) is 5.41 Å². The van der Waals surface area contributed by atoms with Crippen molar-refractivity contribution >= 4 is 6.47 Å². The second kappa shape index (κ2) is 9.42. The number of likely N-dealkylation sites (tertiary alicyclic amines) is 1. The number of aryl methyl sites for hydroxylation is 1. The second-order valence-corrected chi connectivity index (χ2v) is 6.64. The van der Waals surface area contributed by atoms with Crippen LogP contribution in [0.3, 0.4) is 0 Å². The van der Waals surface area contributed by atoms with E-state index in [-0.39, 0.29) is 13.1 Å². The summed E-state index contributed by atoms with van der Waals surface area (Å²) >= 11 is 0. The molecule has 8 heteroatoms. The third-order valence-corrected chi connectivity index (χ3v) is 4.69. The summed E-state index contributed by atoms with van der Waals surface area (Å²) in [6, 6.07) is 10.0. The van der Waals surface area contributed by atoms with Gasteiger partial charge in [-0.1, -0.05) is 30.3 Å².